The summed E-state index contributed by atoms with van der Waals surface area (Å²) in [5.41, 5.74) is 0.793. The Bertz CT molecular complexity index is 771. The fourth-order valence-electron chi connectivity index (χ4n) is 2.79. The van der Waals surface area contributed by atoms with Gasteiger partial charge in [0.2, 0.25) is 5.91 Å². The third-order valence-electron chi connectivity index (χ3n) is 4.62. The number of hydrogen-bond acceptors (Lipinski definition) is 6. The van der Waals surface area contributed by atoms with E-state index in [1.807, 2.05) is 31.2 Å². The van der Waals surface area contributed by atoms with Gasteiger partial charge in [-0.15, -0.1) is 0 Å². The largest absolute Gasteiger partial charge is 0.491 e. The number of carbonyl (C=O) groups excluding carboxylic acids is 3. The molecule has 1 aromatic carbocycles. The van der Waals surface area contributed by atoms with Gasteiger partial charge in [-0.25, -0.2) is 0 Å². The lowest BCUT2D eigenvalue weighted by Crippen LogP contribution is -2.46. The minimum absolute atomic E-state index is 0.131. The van der Waals surface area contributed by atoms with Gasteiger partial charge in [0.1, 0.15) is 12.3 Å². The first-order chi connectivity index (χ1) is 13.5. The average Bonchev–Trinajstić information content (AvgIpc) is 2.97. The molecule has 0 aliphatic carbocycles. The minimum Gasteiger partial charge on any atom is -0.491 e. The van der Waals surface area contributed by atoms with Crippen molar-refractivity contribution in [2.24, 2.45) is 0 Å². The summed E-state index contributed by atoms with van der Waals surface area (Å²) in [7, 11) is 0. The molecule has 3 amide bonds. The predicted molar refractivity (Wildman–Crippen MR) is 107 cm³/mol. The Kier molecular flexibility index (Phi) is 6.74. The van der Waals surface area contributed by atoms with E-state index in [1.54, 1.807) is 11.0 Å². The normalized spacial score (nSPS) is 20.0. The van der Waals surface area contributed by atoms with Gasteiger partial charge in [0.15, 0.2) is 0 Å². The first-order valence-electron chi connectivity index (χ1n) is 9.35. The average molecular weight is 404 g/mol. The molecule has 7 nitrogen and oxygen atoms in total. The zero-order valence-corrected chi connectivity index (χ0v) is 16.9. The fraction of sp³-hybridized carbons (Fsp3) is 0.450. The first kappa shape index (κ1) is 20.4. The summed E-state index contributed by atoms with van der Waals surface area (Å²) < 4.78 is 11.0. The second kappa shape index (κ2) is 9.25. The number of amides is 3. The first-order valence-corrected chi connectivity index (χ1v) is 10.2. The molecule has 150 valence electrons. The molecule has 1 aromatic rings. The highest BCUT2D eigenvalue weighted by Crippen LogP contribution is 2.32. The van der Waals surface area contributed by atoms with E-state index < -0.39 is 11.1 Å². The summed E-state index contributed by atoms with van der Waals surface area (Å²) in [4.78, 5) is 40.1. The fourth-order valence-corrected chi connectivity index (χ4v) is 3.63. The van der Waals surface area contributed by atoms with E-state index in [0.717, 1.165) is 34.4 Å². The third kappa shape index (κ3) is 4.94. The number of nitrogens with zero attached hydrogens (tertiary/aromatic N) is 2. The van der Waals surface area contributed by atoms with Crippen LogP contribution in [0, 0.1) is 0 Å². The second-order valence-electron chi connectivity index (χ2n) is 6.67. The van der Waals surface area contributed by atoms with Crippen molar-refractivity contribution in [3.8, 4) is 5.75 Å². The molecule has 0 unspecified atom stereocenters. The molecule has 2 heterocycles. The van der Waals surface area contributed by atoms with E-state index in [4.69, 9.17) is 9.47 Å². The Hall–Kier alpha value is -2.32. The van der Waals surface area contributed by atoms with Crippen molar-refractivity contribution in [2.45, 2.75) is 26.4 Å². The van der Waals surface area contributed by atoms with Crippen LogP contribution in [-0.2, 0) is 14.3 Å². The van der Waals surface area contributed by atoms with Crippen molar-refractivity contribution in [2.75, 3.05) is 32.8 Å². The van der Waals surface area contributed by atoms with E-state index in [2.05, 4.69) is 6.92 Å². The topological polar surface area (TPSA) is 76.2 Å². The van der Waals surface area contributed by atoms with Crippen LogP contribution in [0.15, 0.2) is 29.2 Å². The van der Waals surface area contributed by atoms with E-state index in [9.17, 15) is 14.4 Å². The van der Waals surface area contributed by atoms with E-state index in [-0.39, 0.29) is 18.6 Å². The summed E-state index contributed by atoms with van der Waals surface area (Å²) in [6.07, 6.45) is 2.71. The number of benzene rings is 1. The van der Waals surface area contributed by atoms with Gasteiger partial charge in [0, 0.05) is 13.1 Å². The SMILES string of the molecule is CC[C@H](C)Oc1ccc(/C=C2/SC(=O)N(CC(=O)N3CCOCC3)C2=O)cc1. The molecule has 28 heavy (non-hydrogen) atoms. The number of morpholine rings is 1. The molecule has 0 N–H and O–H groups in total. The molecule has 2 aliphatic rings. The number of ether oxygens (including phenoxy) is 2. The van der Waals surface area contributed by atoms with Crippen molar-refractivity contribution in [3.05, 3.63) is 34.7 Å². The minimum atomic E-state index is -0.434. The molecule has 0 bridgehead atoms. The van der Waals surface area contributed by atoms with Crippen molar-refractivity contribution in [1.82, 2.24) is 9.80 Å². The molecule has 0 radical (unpaired) electrons. The molecule has 2 aliphatic heterocycles. The molecule has 0 spiro atoms. The monoisotopic (exact) mass is 404 g/mol. The number of hydrogen-bond donors (Lipinski definition) is 0. The zero-order valence-electron chi connectivity index (χ0n) is 16.1. The van der Waals surface area contributed by atoms with E-state index in [0.29, 0.717) is 31.2 Å². The van der Waals surface area contributed by atoms with Crippen LogP contribution in [0.25, 0.3) is 6.08 Å². The molecule has 2 fully saturated rings. The summed E-state index contributed by atoms with van der Waals surface area (Å²) in [5.74, 6) is 0.0886. The van der Waals surface area contributed by atoms with Crippen molar-refractivity contribution in [1.29, 1.82) is 0 Å². The van der Waals surface area contributed by atoms with Crippen molar-refractivity contribution < 1.29 is 23.9 Å². The molecular weight excluding hydrogens is 380 g/mol. The lowest BCUT2D eigenvalue weighted by atomic mass is 10.2. The van der Waals surface area contributed by atoms with Crippen LogP contribution in [0.5, 0.6) is 5.75 Å². The van der Waals surface area contributed by atoms with Crippen LogP contribution in [0.1, 0.15) is 25.8 Å². The summed E-state index contributed by atoms with van der Waals surface area (Å²) >= 11 is 0.856. The third-order valence-corrected chi connectivity index (χ3v) is 5.53. The standard InChI is InChI=1S/C20H24N2O5S/c1-3-14(2)27-16-6-4-15(5-7-16)12-17-19(24)22(20(25)28-17)13-18(23)21-8-10-26-11-9-21/h4-7,12,14H,3,8-11,13H2,1-2H3/b17-12+/t14-/m0/s1. The van der Waals surface area contributed by atoms with E-state index in [1.165, 1.54) is 0 Å². The molecular formula is C20H24N2O5S. The highest BCUT2D eigenvalue weighted by atomic mass is 32.2. The predicted octanol–water partition coefficient (Wildman–Crippen LogP) is 2.76. The van der Waals surface area contributed by atoms with Crippen molar-refractivity contribution >= 4 is 34.9 Å². The van der Waals surface area contributed by atoms with Crippen LogP contribution in [-0.4, -0.2) is 65.8 Å². The van der Waals surface area contributed by atoms with Gasteiger partial charge < -0.3 is 14.4 Å². The lowest BCUT2D eigenvalue weighted by Gasteiger charge is -2.28. The molecule has 0 saturated carbocycles. The Balaban J connectivity index is 1.64. The van der Waals surface area contributed by atoms with E-state index >= 15 is 0 Å². The Morgan fingerprint density at radius 1 is 1.25 bits per heavy atom. The van der Waals surface area contributed by atoms with Gasteiger partial charge in [-0.1, -0.05) is 19.1 Å². The van der Waals surface area contributed by atoms with Gasteiger partial charge in [-0.3, -0.25) is 19.3 Å². The Morgan fingerprint density at radius 2 is 1.93 bits per heavy atom. The number of imide groups is 1. The van der Waals surface area contributed by atoms with Crippen LogP contribution >= 0.6 is 11.8 Å². The highest BCUT2D eigenvalue weighted by Gasteiger charge is 2.37. The lowest BCUT2D eigenvalue weighted by molar-refractivity contribution is -0.139. The summed E-state index contributed by atoms with van der Waals surface area (Å²) in [6, 6.07) is 7.35. The maximum Gasteiger partial charge on any atom is 0.294 e. The maximum absolute atomic E-state index is 12.6. The van der Waals surface area contributed by atoms with Gasteiger partial charge in [0.05, 0.1) is 24.2 Å². The van der Waals surface area contributed by atoms with Crippen LogP contribution in [0.4, 0.5) is 4.79 Å². The highest BCUT2D eigenvalue weighted by molar-refractivity contribution is 8.18. The van der Waals surface area contributed by atoms with Crippen LogP contribution in [0.2, 0.25) is 0 Å². The molecule has 3 rings (SSSR count). The zero-order chi connectivity index (χ0) is 20.1. The van der Waals surface area contributed by atoms with Gasteiger partial charge in [-0.2, -0.15) is 0 Å². The van der Waals surface area contributed by atoms with Crippen molar-refractivity contribution in [3.63, 3.8) is 0 Å². The molecule has 8 heteroatoms. The van der Waals surface area contributed by atoms with Gasteiger partial charge in [-0.05, 0) is 48.9 Å². The summed E-state index contributed by atoms with van der Waals surface area (Å²) in [5, 5.41) is -0.422. The summed E-state index contributed by atoms with van der Waals surface area (Å²) in [6.45, 7) is 5.74. The number of rotatable bonds is 6. The van der Waals surface area contributed by atoms with Crippen LogP contribution < -0.4 is 4.74 Å². The molecule has 1 atom stereocenters. The molecule has 2 saturated heterocycles. The smallest absolute Gasteiger partial charge is 0.294 e. The Labute approximate surface area is 168 Å². The Morgan fingerprint density at radius 3 is 2.57 bits per heavy atom. The van der Waals surface area contributed by atoms with Gasteiger partial charge in [0.25, 0.3) is 11.1 Å². The number of thioether (sulfide) groups is 1. The number of carbonyl (C=O) groups is 3. The molecule has 0 aromatic heterocycles. The van der Waals surface area contributed by atoms with Gasteiger partial charge >= 0.3 is 0 Å². The quantitative estimate of drug-likeness (QED) is 0.679. The second-order valence-corrected chi connectivity index (χ2v) is 7.66. The van der Waals surface area contributed by atoms with Crippen LogP contribution in [0.3, 0.4) is 0 Å². The maximum atomic E-state index is 12.6.